The Labute approximate surface area is 335 Å². The zero-order valence-electron chi connectivity index (χ0n) is 49.7. The van der Waals surface area contributed by atoms with Crippen LogP contribution in [-0.4, -0.2) is 4.57 Å². The number of aromatic nitrogens is 1. The van der Waals surface area contributed by atoms with Crippen molar-refractivity contribution in [1.29, 1.82) is 0 Å². The van der Waals surface area contributed by atoms with E-state index in [2.05, 4.69) is 0 Å². The van der Waals surface area contributed by atoms with Gasteiger partial charge in [-0.2, -0.15) is 0 Å². The minimum Gasteiger partial charge on any atom is -0.310 e. The molecular weight excluding hydrogens is 629 g/mol. The van der Waals surface area contributed by atoms with Gasteiger partial charge in [-0.25, -0.2) is 0 Å². The molecule has 0 N–H and O–H groups in total. The van der Waals surface area contributed by atoms with Crippen LogP contribution in [0.1, 0.15) is 31.5 Å². The maximum atomic E-state index is 10.3. The normalized spacial score (nSPS) is 17.7. The predicted molar refractivity (Wildman–Crippen MR) is 221 cm³/mol. The van der Waals surface area contributed by atoms with Crippen molar-refractivity contribution in [1.82, 2.24) is 4.57 Å². The van der Waals surface area contributed by atoms with Gasteiger partial charge in [0.15, 0.2) is 0 Å². The summed E-state index contributed by atoms with van der Waals surface area (Å²) in [5, 5.41) is -0.301. The molecule has 2 heteroatoms. The van der Waals surface area contributed by atoms with Crippen molar-refractivity contribution in [2.45, 2.75) is 0 Å². The molecule has 0 unspecified atom stereocenters. The van der Waals surface area contributed by atoms with Crippen LogP contribution in [0, 0.1) is 0 Å². The van der Waals surface area contributed by atoms with E-state index in [-0.39, 0.29) is 5.69 Å². The largest absolute Gasteiger partial charge is 0.310 e. The molecule has 52 heavy (non-hydrogen) atoms. The first-order valence-electron chi connectivity index (χ1n) is 27.5. The lowest BCUT2D eigenvalue weighted by atomic mass is 10.00. The number of benzene rings is 9. The Kier molecular flexibility index (Phi) is 3.53. The molecule has 10 rings (SSSR count). The molecule has 2 nitrogen and oxygen atoms in total. The molecule has 0 aliphatic heterocycles. The highest BCUT2D eigenvalue weighted by molar-refractivity contribution is 6.19. The smallest absolute Gasteiger partial charge is 0.0652 e. The number of hydrogen-bond donors (Lipinski definition) is 0. The van der Waals surface area contributed by atoms with Gasteiger partial charge in [0.1, 0.15) is 0 Å². The lowest BCUT2D eigenvalue weighted by molar-refractivity contribution is 1.19. The number of para-hydroxylation sites is 2. The number of nitrogens with zero attached hydrogens (tertiary/aromatic N) is 2. The minimum absolute atomic E-state index is 0.0528. The summed E-state index contributed by atoms with van der Waals surface area (Å²) in [6.45, 7) is 0. The standard InChI is InChI=1S/C50H34N2/c1-3-12-35(13-4-1)37-24-28-43(29-25-37)51(44-19-11-16-40(33-44)41-23-22-36-14-7-8-15-39(36)32-41)45-30-26-38-27-31-47-46-20-9-10-21-49(46)52(50(47)48(38)34-45)42-17-5-2-6-18-42/h1-34H/i1D,2D,3D,4D,5D,6D,9D,10D,12D,13D,17D,18D,20D,21D,24D,25D,26D,27D,28D,29D,30D,31D,34D. The highest BCUT2D eigenvalue weighted by Gasteiger charge is 2.18. The minimum atomic E-state index is -0.913. The number of fused-ring (bicyclic) bond motifs is 6. The third-order valence-electron chi connectivity index (χ3n) is 8.66. The fourth-order valence-electron chi connectivity index (χ4n) is 6.32. The van der Waals surface area contributed by atoms with Crippen LogP contribution in [0.25, 0.3) is 71.3 Å². The van der Waals surface area contributed by atoms with Crippen molar-refractivity contribution in [2.75, 3.05) is 4.90 Å². The van der Waals surface area contributed by atoms with Gasteiger partial charge in [-0.1, -0.05) is 145 Å². The van der Waals surface area contributed by atoms with Crippen molar-refractivity contribution in [2.24, 2.45) is 0 Å². The second-order valence-corrected chi connectivity index (χ2v) is 11.7. The van der Waals surface area contributed by atoms with Crippen LogP contribution < -0.4 is 4.90 Å². The third kappa shape index (κ3) is 5.12. The van der Waals surface area contributed by atoms with Crippen LogP contribution in [0.5, 0.6) is 0 Å². The van der Waals surface area contributed by atoms with E-state index < -0.39 is 200 Å². The van der Waals surface area contributed by atoms with Crippen molar-refractivity contribution >= 4 is 60.4 Å². The first kappa shape index (κ1) is 14.8. The summed E-state index contributed by atoms with van der Waals surface area (Å²) in [5.41, 5.74) is -3.35. The summed E-state index contributed by atoms with van der Waals surface area (Å²) in [6.07, 6.45) is 0. The fourth-order valence-corrected chi connectivity index (χ4v) is 6.32. The summed E-state index contributed by atoms with van der Waals surface area (Å²) >= 11 is 0. The Morgan fingerprint density at radius 3 is 1.94 bits per heavy atom. The van der Waals surface area contributed by atoms with Gasteiger partial charge in [-0.15, -0.1) is 0 Å². The molecule has 0 radical (unpaired) electrons. The van der Waals surface area contributed by atoms with Crippen molar-refractivity contribution in [3.05, 3.63) is 206 Å². The highest BCUT2D eigenvalue weighted by atomic mass is 15.1. The van der Waals surface area contributed by atoms with E-state index in [9.17, 15) is 13.7 Å². The maximum Gasteiger partial charge on any atom is 0.0652 e. The molecule has 10 aromatic rings. The molecule has 0 saturated heterocycles. The van der Waals surface area contributed by atoms with E-state index in [1.54, 1.807) is 18.2 Å². The van der Waals surface area contributed by atoms with Gasteiger partial charge in [0.05, 0.1) is 42.6 Å². The van der Waals surface area contributed by atoms with E-state index in [1.807, 2.05) is 42.5 Å². The van der Waals surface area contributed by atoms with Crippen LogP contribution in [0.15, 0.2) is 206 Å². The van der Waals surface area contributed by atoms with Crippen molar-refractivity contribution in [3.8, 4) is 27.9 Å². The van der Waals surface area contributed by atoms with Gasteiger partial charge in [0, 0.05) is 38.9 Å². The maximum absolute atomic E-state index is 10.3. The van der Waals surface area contributed by atoms with Crippen molar-refractivity contribution in [3.63, 3.8) is 0 Å². The average Bonchev–Trinajstić information content (AvgIpc) is 3.75. The third-order valence-corrected chi connectivity index (χ3v) is 8.66. The Bertz CT molecular complexity index is 4160. The van der Waals surface area contributed by atoms with E-state index in [0.717, 1.165) is 20.2 Å². The Balaban J connectivity index is 1.42. The fraction of sp³-hybridized carbons (Fsp3) is 0. The van der Waals surface area contributed by atoms with Gasteiger partial charge in [-0.05, 0) is 98.9 Å². The highest BCUT2D eigenvalue weighted by Crippen LogP contribution is 2.42. The molecule has 1 heterocycles. The summed E-state index contributed by atoms with van der Waals surface area (Å²) < 4.78 is 209. The molecule has 0 atom stereocenters. The number of anilines is 3. The van der Waals surface area contributed by atoms with Gasteiger partial charge in [-0.3, -0.25) is 0 Å². The predicted octanol–water partition coefficient (Wildman–Crippen LogP) is 13.9. The molecule has 0 bridgehead atoms. The summed E-state index contributed by atoms with van der Waals surface area (Å²) in [5.74, 6) is 0. The monoisotopic (exact) mass is 685 g/mol. The van der Waals surface area contributed by atoms with Crippen LogP contribution in [0.4, 0.5) is 17.1 Å². The molecule has 0 fully saturated rings. The Morgan fingerprint density at radius 1 is 0.404 bits per heavy atom. The van der Waals surface area contributed by atoms with Gasteiger partial charge >= 0.3 is 0 Å². The number of hydrogen-bond acceptors (Lipinski definition) is 1. The van der Waals surface area contributed by atoms with Crippen LogP contribution >= 0.6 is 0 Å². The zero-order valence-corrected chi connectivity index (χ0v) is 26.7. The molecule has 9 aromatic carbocycles. The van der Waals surface area contributed by atoms with Crippen molar-refractivity contribution < 1.29 is 31.5 Å². The first-order valence-corrected chi connectivity index (χ1v) is 16.0. The van der Waals surface area contributed by atoms with Gasteiger partial charge in [0.2, 0.25) is 0 Å². The lowest BCUT2D eigenvalue weighted by Gasteiger charge is -2.27. The topological polar surface area (TPSA) is 8.17 Å². The number of rotatable bonds is 6. The van der Waals surface area contributed by atoms with E-state index >= 15 is 0 Å². The average molecular weight is 686 g/mol. The molecule has 0 aliphatic rings. The second kappa shape index (κ2) is 12.5. The van der Waals surface area contributed by atoms with E-state index in [1.165, 1.54) is 6.07 Å². The molecule has 0 spiro atoms. The zero-order chi connectivity index (χ0) is 54.4. The quantitative estimate of drug-likeness (QED) is 0.169. The van der Waals surface area contributed by atoms with E-state index in [4.69, 9.17) is 17.8 Å². The summed E-state index contributed by atoms with van der Waals surface area (Å²) in [7, 11) is 0. The molecule has 0 amide bonds. The molecule has 244 valence electrons. The van der Waals surface area contributed by atoms with Gasteiger partial charge in [0.25, 0.3) is 0 Å². The van der Waals surface area contributed by atoms with Crippen LogP contribution in [0.2, 0.25) is 0 Å². The summed E-state index contributed by atoms with van der Waals surface area (Å²) in [6, 6.07) is -0.125. The molecule has 1 aromatic heterocycles. The molecular formula is C50H34N2. The second-order valence-electron chi connectivity index (χ2n) is 11.7. The SMILES string of the molecule is [2H]c1c([2H])c([2H])c(-c2c([2H])c([2H])c(N(c3cccc(-c4ccc5ccccc5c4)c3)c3c([2H])c([2H])c4c([2H])c([2H])c5c6c([2H])c([2H])c([2H])c([2H])c6n(-c6c([2H])c([2H])c([2H])c([2H])c6[2H])c5c4c3[2H])c([2H])c2[2H])c([2H])c1[2H]. The lowest BCUT2D eigenvalue weighted by Crippen LogP contribution is -2.10. The Morgan fingerprint density at radius 2 is 1.10 bits per heavy atom. The Hall–Kier alpha value is -6.90. The van der Waals surface area contributed by atoms with E-state index in [0.29, 0.717) is 11.1 Å². The first-order chi connectivity index (χ1) is 35.4. The molecule has 0 saturated carbocycles. The van der Waals surface area contributed by atoms with Gasteiger partial charge < -0.3 is 9.47 Å². The van der Waals surface area contributed by atoms with Crippen LogP contribution in [0.3, 0.4) is 0 Å². The molecule has 0 aliphatic carbocycles. The van der Waals surface area contributed by atoms with Crippen LogP contribution in [-0.2, 0) is 0 Å². The summed E-state index contributed by atoms with van der Waals surface area (Å²) in [4.78, 5) is 0.983.